The summed E-state index contributed by atoms with van der Waals surface area (Å²) in [5.74, 6) is 0.997. The predicted molar refractivity (Wildman–Crippen MR) is 89.8 cm³/mol. The summed E-state index contributed by atoms with van der Waals surface area (Å²) in [5, 5.41) is 6.72. The van der Waals surface area contributed by atoms with Gasteiger partial charge in [-0.15, -0.1) is 0 Å². The second kappa shape index (κ2) is 6.62. The fourth-order valence-electron chi connectivity index (χ4n) is 2.43. The van der Waals surface area contributed by atoms with Crippen molar-refractivity contribution in [3.05, 3.63) is 48.4 Å². The van der Waals surface area contributed by atoms with Crippen LogP contribution in [0.1, 0.15) is 18.6 Å². The average Bonchev–Trinajstić information content (AvgIpc) is 3.16. The maximum atomic E-state index is 11.8. The van der Waals surface area contributed by atoms with Crippen molar-refractivity contribution in [3.63, 3.8) is 0 Å². The number of anilines is 2. The Labute approximate surface area is 134 Å². The number of hydrogen-bond acceptors (Lipinski definition) is 3. The highest BCUT2D eigenvalue weighted by Gasteiger charge is 2.21. The molecule has 1 amide bonds. The lowest BCUT2D eigenvalue weighted by atomic mass is 10.2. The van der Waals surface area contributed by atoms with Crippen LogP contribution in [0.4, 0.5) is 11.4 Å². The third-order valence-corrected chi connectivity index (χ3v) is 3.74. The Morgan fingerprint density at radius 2 is 2.23 bits per heavy atom. The molecular formula is C16H17N3O2S. The number of hydrogen-bond donors (Lipinski definition) is 2. The molecule has 1 saturated heterocycles. The Hall–Kier alpha value is -2.34. The lowest BCUT2D eigenvalue weighted by Crippen LogP contribution is -2.28. The summed E-state index contributed by atoms with van der Waals surface area (Å²) in [6.07, 6.45) is 3.17. The first-order chi connectivity index (χ1) is 10.7. The van der Waals surface area contributed by atoms with Crippen LogP contribution in [-0.2, 0) is 11.3 Å². The lowest BCUT2D eigenvalue weighted by molar-refractivity contribution is -0.117. The molecule has 1 fully saturated rings. The Morgan fingerprint density at radius 3 is 2.95 bits per heavy atom. The van der Waals surface area contributed by atoms with Crippen molar-refractivity contribution in [2.45, 2.75) is 19.4 Å². The molecule has 2 aromatic rings. The Balaban J connectivity index is 1.60. The number of benzene rings is 1. The van der Waals surface area contributed by atoms with Gasteiger partial charge >= 0.3 is 0 Å². The minimum atomic E-state index is 0.177. The van der Waals surface area contributed by atoms with Gasteiger partial charge in [-0.2, -0.15) is 0 Å². The van der Waals surface area contributed by atoms with Crippen LogP contribution in [0.2, 0.25) is 0 Å². The summed E-state index contributed by atoms with van der Waals surface area (Å²) >= 11 is 5.27. The highest BCUT2D eigenvalue weighted by Crippen LogP contribution is 2.24. The number of nitrogens with one attached hydrogen (secondary N) is 2. The fourth-order valence-corrected chi connectivity index (χ4v) is 2.62. The standard InChI is InChI=1S/C16H17N3O2S/c20-15-7-2-8-19(15)13-5-1-4-12(10-13)18-16(22)17-11-14-6-3-9-21-14/h1,3-6,9-10H,2,7-8,11H2,(H2,17,18,22). The van der Waals surface area contributed by atoms with E-state index in [0.29, 0.717) is 18.1 Å². The molecule has 2 heterocycles. The monoisotopic (exact) mass is 315 g/mol. The molecule has 0 atom stereocenters. The number of amides is 1. The van der Waals surface area contributed by atoms with Crippen LogP contribution in [0.3, 0.4) is 0 Å². The number of furan rings is 1. The van der Waals surface area contributed by atoms with Gasteiger partial charge in [-0.25, -0.2) is 0 Å². The summed E-state index contributed by atoms with van der Waals surface area (Å²) in [6, 6.07) is 11.4. The second-order valence-electron chi connectivity index (χ2n) is 5.09. The van der Waals surface area contributed by atoms with Crippen molar-refractivity contribution in [1.29, 1.82) is 0 Å². The first-order valence-electron chi connectivity index (χ1n) is 7.20. The normalized spacial score (nSPS) is 14.2. The van der Waals surface area contributed by atoms with E-state index >= 15 is 0 Å². The van der Waals surface area contributed by atoms with E-state index in [1.807, 2.05) is 41.3 Å². The van der Waals surface area contributed by atoms with Crippen molar-refractivity contribution in [2.75, 3.05) is 16.8 Å². The van der Waals surface area contributed by atoms with Crippen LogP contribution in [0, 0.1) is 0 Å². The first-order valence-corrected chi connectivity index (χ1v) is 7.61. The van der Waals surface area contributed by atoms with Gasteiger partial charge in [-0.05, 0) is 49.0 Å². The number of carbonyl (C=O) groups excluding carboxylic acids is 1. The highest BCUT2D eigenvalue weighted by molar-refractivity contribution is 7.80. The minimum Gasteiger partial charge on any atom is -0.467 e. The van der Waals surface area contributed by atoms with Crippen LogP contribution < -0.4 is 15.5 Å². The van der Waals surface area contributed by atoms with Gasteiger partial charge in [0.1, 0.15) is 5.76 Å². The van der Waals surface area contributed by atoms with Gasteiger partial charge < -0.3 is 20.0 Å². The number of nitrogens with zero attached hydrogens (tertiary/aromatic N) is 1. The molecule has 5 nitrogen and oxygen atoms in total. The molecule has 0 unspecified atom stereocenters. The van der Waals surface area contributed by atoms with Crippen LogP contribution in [0.5, 0.6) is 0 Å². The highest BCUT2D eigenvalue weighted by atomic mass is 32.1. The molecule has 6 heteroatoms. The van der Waals surface area contributed by atoms with E-state index in [2.05, 4.69) is 10.6 Å². The molecule has 0 spiro atoms. The molecule has 0 radical (unpaired) electrons. The number of thiocarbonyl (C=S) groups is 1. The first kappa shape index (κ1) is 14.6. The van der Waals surface area contributed by atoms with E-state index in [0.717, 1.165) is 30.1 Å². The van der Waals surface area contributed by atoms with Crippen molar-refractivity contribution in [3.8, 4) is 0 Å². The molecule has 2 N–H and O–H groups in total. The number of carbonyl (C=O) groups is 1. The molecule has 1 aromatic carbocycles. The number of rotatable bonds is 4. The summed E-state index contributed by atoms with van der Waals surface area (Å²) in [5.41, 5.74) is 1.76. The summed E-state index contributed by atoms with van der Waals surface area (Å²) in [7, 11) is 0. The molecule has 22 heavy (non-hydrogen) atoms. The summed E-state index contributed by atoms with van der Waals surface area (Å²) in [6.45, 7) is 1.31. The predicted octanol–water partition coefficient (Wildman–Crippen LogP) is 2.89. The zero-order valence-electron chi connectivity index (χ0n) is 12.0. The molecule has 1 aliphatic rings. The minimum absolute atomic E-state index is 0.177. The second-order valence-corrected chi connectivity index (χ2v) is 5.49. The molecule has 1 aliphatic heterocycles. The SMILES string of the molecule is O=C1CCCN1c1cccc(NC(=S)NCc2ccco2)c1. The average molecular weight is 315 g/mol. The van der Waals surface area contributed by atoms with Gasteiger partial charge in [-0.3, -0.25) is 4.79 Å². The van der Waals surface area contributed by atoms with Crippen LogP contribution in [0.25, 0.3) is 0 Å². The van der Waals surface area contributed by atoms with Crippen LogP contribution in [-0.4, -0.2) is 17.6 Å². The third kappa shape index (κ3) is 3.46. The van der Waals surface area contributed by atoms with Crippen molar-refractivity contribution in [1.82, 2.24) is 5.32 Å². The van der Waals surface area contributed by atoms with Gasteiger partial charge in [0.2, 0.25) is 5.91 Å². The van der Waals surface area contributed by atoms with Crippen LogP contribution >= 0.6 is 12.2 Å². The van der Waals surface area contributed by atoms with E-state index in [-0.39, 0.29) is 5.91 Å². The zero-order chi connectivity index (χ0) is 15.4. The smallest absolute Gasteiger partial charge is 0.227 e. The van der Waals surface area contributed by atoms with E-state index in [1.54, 1.807) is 6.26 Å². The third-order valence-electron chi connectivity index (χ3n) is 3.49. The molecule has 114 valence electrons. The Morgan fingerprint density at radius 1 is 1.32 bits per heavy atom. The largest absolute Gasteiger partial charge is 0.467 e. The summed E-state index contributed by atoms with van der Waals surface area (Å²) < 4.78 is 5.24. The molecule has 3 rings (SSSR count). The van der Waals surface area contributed by atoms with Crippen molar-refractivity contribution in [2.24, 2.45) is 0 Å². The van der Waals surface area contributed by atoms with Crippen molar-refractivity contribution >= 4 is 34.6 Å². The zero-order valence-corrected chi connectivity index (χ0v) is 12.9. The van der Waals surface area contributed by atoms with E-state index in [9.17, 15) is 4.79 Å². The van der Waals surface area contributed by atoms with Gasteiger partial charge in [0.05, 0.1) is 12.8 Å². The van der Waals surface area contributed by atoms with E-state index in [1.165, 1.54) is 0 Å². The van der Waals surface area contributed by atoms with Gasteiger partial charge in [0, 0.05) is 24.3 Å². The molecule has 0 saturated carbocycles. The van der Waals surface area contributed by atoms with E-state index < -0.39 is 0 Å². The van der Waals surface area contributed by atoms with Gasteiger partial charge in [0.15, 0.2) is 5.11 Å². The molecular weight excluding hydrogens is 298 g/mol. The Kier molecular flexibility index (Phi) is 4.39. The fraction of sp³-hybridized carbons (Fsp3) is 0.250. The van der Waals surface area contributed by atoms with Gasteiger partial charge in [0.25, 0.3) is 0 Å². The van der Waals surface area contributed by atoms with Crippen molar-refractivity contribution < 1.29 is 9.21 Å². The molecule has 1 aromatic heterocycles. The van der Waals surface area contributed by atoms with Crippen LogP contribution in [0.15, 0.2) is 47.1 Å². The molecule has 0 aliphatic carbocycles. The maximum Gasteiger partial charge on any atom is 0.227 e. The Bertz CT molecular complexity index is 670. The van der Waals surface area contributed by atoms with E-state index in [4.69, 9.17) is 16.6 Å². The maximum absolute atomic E-state index is 11.8. The summed E-state index contributed by atoms with van der Waals surface area (Å²) in [4.78, 5) is 13.6. The quantitative estimate of drug-likeness (QED) is 0.850. The molecule has 0 bridgehead atoms. The topological polar surface area (TPSA) is 57.5 Å². The van der Waals surface area contributed by atoms with Gasteiger partial charge in [-0.1, -0.05) is 6.07 Å². The lowest BCUT2D eigenvalue weighted by Gasteiger charge is -2.17.